The van der Waals surface area contributed by atoms with Crippen LogP contribution in [0.2, 0.25) is 0 Å². The molecule has 0 aromatic carbocycles. The highest BCUT2D eigenvalue weighted by Gasteiger charge is 2.18. The summed E-state index contributed by atoms with van der Waals surface area (Å²) in [6.45, 7) is 5.73. The summed E-state index contributed by atoms with van der Waals surface area (Å²) in [6.07, 6.45) is 3.22. The van der Waals surface area contributed by atoms with Crippen molar-refractivity contribution in [2.45, 2.75) is 39.5 Å². The lowest BCUT2D eigenvalue weighted by atomic mass is 10.0. The van der Waals surface area contributed by atoms with Gasteiger partial charge in [0.05, 0.1) is 6.10 Å². The van der Waals surface area contributed by atoms with Gasteiger partial charge in [0, 0.05) is 6.42 Å². The Morgan fingerprint density at radius 3 is 2.67 bits per heavy atom. The summed E-state index contributed by atoms with van der Waals surface area (Å²) in [5, 5.41) is 0. The molecule has 0 bridgehead atoms. The van der Waals surface area contributed by atoms with Crippen molar-refractivity contribution in [2.75, 3.05) is 0 Å². The van der Waals surface area contributed by atoms with Crippen molar-refractivity contribution < 1.29 is 9.13 Å². The Morgan fingerprint density at radius 1 is 1.50 bits per heavy atom. The van der Waals surface area contributed by atoms with E-state index in [1.807, 2.05) is 26.8 Å². The van der Waals surface area contributed by atoms with E-state index in [2.05, 4.69) is 0 Å². The number of alkyl halides is 1. The van der Waals surface area contributed by atoms with Gasteiger partial charge in [0.2, 0.25) is 0 Å². The molecule has 0 saturated carbocycles. The number of allylic oxidation sites excluding steroid dienone is 4. The largest absolute Gasteiger partial charge is 0.492 e. The quantitative estimate of drug-likeness (QED) is 0.619. The fourth-order valence-corrected chi connectivity index (χ4v) is 1.17. The fourth-order valence-electron chi connectivity index (χ4n) is 1.17. The van der Waals surface area contributed by atoms with Crippen molar-refractivity contribution in [3.63, 3.8) is 0 Å². The first-order valence-electron chi connectivity index (χ1n) is 4.27. The lowest BCUT2D eigenvalue weighted by molar-refractivity contribution is 0.104. The molecule has 1 rings (SSSR count). The van der Waals surface area contributed by atoms with Gasteiger partial charge in [0.25, 0.3) is 0 Å². The molecule has 1 aliphatic carbocycles. The predicted octanol–water partition coefficient (Wildman–Crippen LogP) is 2.98. The minimum Gasteiger partial charge on any atom is -0.492 e. The first kappa shape index (κ1) is 9.30. The molecule has 0 radical (unpaired) electrons. The normalized spacial score (nSPS) is 23.6. The van der Waals surface area contributed by atoms with Crippen LogP contribution in [-0.2, 0) is 4.74 Å². The van der Waals surface area contributed by atoms with Gasteiger partial charge in [0.15, 0.2) is 6.17 Å². The highest BCUT2D eigenvalue weighted by atomic mass is 19.1. The van der Waals surface area contributed by atoms with E-state index in [0.29, 0.717) is 12.2 Å². The monoisotopic (exact) mass is 170 g/mol. The second-order valence-corrected chi connectivity index (χ2v) is 3.42. The van der Waals surface area contributed by atoms with E-state index in [-0.39, 0.29) is 6.10 Å². The van der Waals surface area contributed by atoms with Gasteiger partial charge in [-0.15, -0.1) is 0 Å². The van der Waals surface area contributed by atoms with Crippen LogP contribution in [0.25, 0.3) is 0 Å². The van der Waals surface area contributed by atoms with Crippen LogP contribution in [0.4, 0.5) is 4.39 Å². The summed E-state index contributed by atoms with van der Waals surface area (Å²) in [4.78, 5) is 0. The summed E-state index contributed by atoms with van der Waals surface area (Å²) in [5.74, 6) is 0.468. The van der Waals surface area contributed by atoms with Gasteiger partial charge in [0.1, 0.15) is 5.76 Å². The van der Waals surface area contributed by atoms with E-state index < -0.39 is 6.17 Å². The van der Waals surface area contributed by atoms with Crippen LogP contribution in [0.5, 0.6) is 0 Å². The summed E-state index contributed by atoms with van der Waals surface area (Å²) in [5.41, 5.74) is 1.07. The fraction of sp³-hybridized carbons (Fsp3) is 0.600. The van der Waals surface area contributed by atoms with Crippen molar-refractivity contribution >= 4 is 0 Å². The topological polar surface area (TPSA) is 9.23 Å². The SMILES string of the molecule is CC1=CC=C(OC(C)C)C(F)C1. The van der Waals surface area contributed by atoms with Gasteiger partial charge in [-0.25, -0.2) is 4.39 Å². The van der Waals surface area contributed by atoms with Crippen LogP contribution < -0.4 is 0 Å². The molecule has 1 nitrogen and oxygen atoms in total. The van der Waals surface area contributed by atoms with Crippen molar-refractivity contribution in [2.24, 2.45) is 0 Å². The van der Waals surface area contributed by atoms with Crippen LogP contribution in [0.15, 0.2) is 23.5 Å². The summed E-state index contributed by atoms with van der Waals surface area (Å²) >= 11 is 0. The van der Waals surface area contributed by atoms with Crippen LogP contribution in [-0.4, -0.2) is 12.3 Å². The van der Waals surface area contributed by atoms with Crippen LogP contribution in [0, 0.1) is 0 Å². The Balaban J connectivity index is 2.63. The van der Waals surface area contributed by atoms with Gasteiger partial charge in [-0.1, -0.05) is 11.6 Å². The van der Waals surface area contributed by atoms with E-state index >= 15 is 0 Å². The molecule has 0 N–H and O–H groups in total. The molecule has 1 unspecified atom stereocenters. The van der Waals surface area contributed by atoms with Gasteiger partial charge < -0.3 is 4.74 Å². The molecule has 0 heterocycles. The third-order valence-corrected chi connectivity index (χ3v) is 1.71. The average molecular weight is 170 g/mol. The summed E-state index contributed by atoms with van der Waals surface area (Å²) in [6, 6.07) is 0. The van der Waals surface area contributed by atoms with Crippen molar-refractivity contribution in [3.05, 3.63) is 23.5 Å². The van der Waals surface area contributed by atoms with E-state index in [1.54, 1.807) is 6.08 Å². The first-order valence-corrected chi connectivity index (χ1v) is 4.27. The number of rotatable bonds is 2. The lowest BCUT2D eigenvalue weighted by Gasteiger charge is -2.19. The molecule has 0 aromatic heterocycles. The minimum absolute atomic E-state index is 0.0568. The maximum atomic E-state index is 13.2. The number of ether oxygens (including phenoxy) is 1. The molecule has 0 aliphatic heterocycles. The highest BCUT2D eigenvalue weighted by molar-refractivity contribution is 5.23. The Hall–Kier alpha value is -0.790. The van der Waals surface area contributed by atoms with E-state index in [4.69, 9.17) is 4.74 Å². The van der Waals surface area contributed by atoms with Crippen molar-refractivity contribution in [3.8, 4) is 0 Å². The number of hydrogen-bond acceptors (Lipinski definition) is 1. The molecule has 2 heteroatoms. The van der Waals surface area contributed by atoms with E-state index in [1.165, 1.54) is 0 Å². The highest BCUT2D eigenvalue weighted by Crippen LogP contribution is 2.23. The molecule has 0 saturated heterocycles. The molecular weight excluding hydrogens is 155 g/mol. The zero-order valence-corrected chi connectivity index (χ0v) is 7.80. The summed E-state index contributed by atoms with van der Waals surface area (Å²) < 4.78 is 18.5. The molecule has 0 aromatic rings. The van der Waals surface area contributed by atoms with Crippen LogP contribution in [0.1, 0.15) is 27.2 Å². The van der Waals surface area contributed by atoms with Gasteiger partial charge in [-0.2, -0.15) is 0 Å². The zero-order valence-electron chi connectivity index (χ0n) is 7.80. The molecule has 0 spiro atoms. The minimum atomic E-state index is -0.947. The molecule has 1 aliphatic rings. The summed E-state index contributed by atoms with van der Waals surface area (Å²) in [7, 11) is 0. The third kappa shape index (κ3) is 2.36. The van der Waals surface area contributed by atoms with Gasteiger partial charge in [-0.3, -0.25) is 0 Å². The molecule has 68 valence electrons. The predicted molar refractivity (Wildman–Crippen MR) is 47.6 cm³/mol. The Labute approximate surface area is 72.9 Å². The molecule has 0 fully saturated rings. The molecule has 1 atom stereocenters. The van der Waals surface area contributed by atoms with Crippen molar-refractivity contribution in [1.82, 2.24) is 0 Å². The third-order valence-electron chi connectivity index (χ3n) is 1.71. The van der Waals surface area contributed by atoms with Gasteiger partial charge >= 0.3 is 0 Å². The standard InChI is InChI=1S/C10H15FO/c1-7(2)12-10-5-4-8(3)6-9(10)11/h4-5,7,9H,6H2,1-3H3. The zero-order chi connectivity index (χ0) is 9.14. The van der Waals surface area contributed by atoms with Crippen molar-refractivity contribution in [1.29, 1.82) is 0 Å². The Kier molecular flexibility index (Phi) is 2.90. The van der Waals surface area contributed by atoms with E-state index in [9.17, 15) is 4.39 Å². The second kappa shape index (κ2) is 3.74. The van der Waals surface area contributed by atoms with Crippen LogP contribution in [0.3, 0.4) is 0 Å². The number of hydrogen-bond donors (Lipinski definition) is 0. The molecular formula is C10H15FO. The first-order chi connectivity index (χ1) is 5.59. The second-order valence-electron chi connectivity index (χ2n) is 3.42. The van der Waals surface area contributed by atoms with Crippen LogP contribution >= 0.6 is 0 Å². The van der Waals surface area contributed by atoms with Gasteiger partial charge in [-0.05, 0) is 26.8 Å². The smallest absolute Gasteiger partial charge is 0.161 e. The van der Waals surface area contributed by atoms with E-state index in [0.717, 1.165) is 5.57 Å². The Morgan fingerprint density at radius 2 is 2.17 bits per heavy atom. The molecule has 0 amide bonds. The molecule has 12 heavy (non-hydrogen) atoms. The number of halogens is 1. The maximum Gasteiger partial charge on any atom is 0.161 e. The Bertz CT molecular complexity index is 216. The average Bonchev–Trinajstić information content (AvgIpc) is 1.94. The maximum absolute atomic E-state index is 13.2. The lowest BCUT2D eigenvalue weighted by Crippen LogP contribution is -2.15.